The molecule has 0 fully saturated rings. The highest BCUT2D eigenvalue weighted by Gasteiger charge is 2.15. The molecule has 3 nitrogen and oxygen atoms in total. The van der Waals surface area contributed by atoms with Gasteiger partial charge in [-0.2, -0.15) is 0 Å². The van der Waals surface area contributed by atoms with Gasteiger partial charge in [0.1, 0.15) is 0 Å². The molecule has 0 aliphatic carbocycles. The molecule has 2 rings (SSSR count). The van der Waals surface area contributed by atoms with Crippen LogP contribution in [0, 0.1) is 0 Å². The minimum atomic E-state index is -0.402. The predicted octanol–water partition coefficient (Wildman–Crippen LogP) is 5.63. The number of hydrogen-bond acceptors (Lipinski definition) is 2. The Morgan fingerprint density at radius 1 is 1.17 bits per heavy atom. The number of benzene rings is 2. The Balaban J connectivity index is 2.12. The van der Waals surface area contributed by atoms with Crippen LogP contribution in [-0.2, 0) is 0 Å². The Hall–Kier alpha value is -1.62. The molecule has 1 atom stereocenters. The molecule has 2 aromatic carbocycles. The molecule has 0 aliphatic heterocycles. The average Bonchev–Trinajstić information content (AvgIpc) is 2.56. The van der Waals surface area contributed by atoms with Gasteiger partial charge in [-0.1, -0.05) is 61.3 Å². The van der Waals surface area contributed by atoms with Gasteiger partial charge in [-0.25, -0.2) is 0 Å². The zero-order valence-corrected chi connectivity index (χ0v) is 15.7. The lowest BCUT2D eigenvalue weighted by Gasteiger charge is -2.17. The number of amides is 1. The molecule has 0 saturated carbocycles. The molecule has 0 aliphatic rings. The first-order valence-corrected chi connectivity index (χ1v) is 8.75. The second-order valence-corrected chi connectivity index (χ2v) is 6.60. The molecule has 0 spiro atoms. The second-order valence-electron chi connectivity index (χ2n) is 5.41. The van der Waals surface area contributed by atoms with Crippen molar-refractivity contribution in [3.8, 4) is 0 Å². The Morgan fingerprint density at radius 3 is 2.58 bits per heavy atom. The van der Waals surface area contributed by atoms with E-state index in [-0.39, 0.29) is 15.7 Å². The summed E-state index contributed by atoms with van der Waals surface area (Å²) >= 11 is 17.2. The van der Waals surface area contributed by atoms with Gasteiger partial charge in [-0.05, 0) is 48.3 Å². The summed E-state index contributed by atoms with van der Waals surface area (Å²) in [5.74, 6) is -0.0180. The Bertz CT molecular complexity index is 764. The lowest BCUT2D eigenvalue weighted by molar-refractivity contribution is 0.0978. The van der Waals surface area contributed by atoms with Crippen molar-refractivity contribution in [2.75, 3.05) is 5.32 Å². The molecule has 0 aromatic heterocycles. The number of hydrogen-bond donors (Lipinski definition) is 2. The van der Waals surface area contributed by atoms with E-state index in [9.17, 15) is 4.79 Å². The zero-order chi connectivity index (χ0) is 17.7. The minimum Gasteiger partial charge on any atom is -0.332 e. The number of para-hydroxylation sites is 1. The van der Waals surface area contributed by atoms with Crippen LogP contribution in [0.4, 0.5) is 5.69 Å². The number of rotatable bonds is 4. The lowest BCUT2D eigenvalue weighted by atomic mass is 9.97. The minimum absolute atomic E-state index is 0.208. The van der Waals surface area contributed by atoms with Crippen molar-refractivity contribution in [2.45, 2.75) is 26.2 Å². The molecule has 24 heavy (non-hydrogen) atoms. The molecule has 0 unspecified atom stereocenters. The van der Waals surface area contributed by atoms with Gasteiger partial charge in [0.15, 0.2) is 5.11 Å². The maximum Gasteiger partial charge on any atom is 0.258 e. The summed E-state index contributed by atoms with van der Waals surface area (Å²) in [5, 5.41) is 6.47. The Kier molecular flexibility index (Phi) is 6.60. The topological polar surface area (TPSA) is 41.1 Å². The van der Waals surface area contributed by atoms with E-state index in [0.29, 0.717) is 10.9 Å². The molecule has 126 valence electrons. The van der Waals surface area contributed by atoms with Crippen LogP contribution in [-0.4, -0.2) is 11.0 Å². The van der Waals surface area contributed by atoms with Crippen molar-refractivity contribution in [1.29, 1.82) is 0 Å². The number of anilines is 1. The van der Waals surface area contributed by atoms with Crippen LogP contribution in [0.3, 0.4) is 0 Å². The van der Waals surface area contributed by atoms with Crippen molar-refractivity contribution >= 4 is 52.1 Å². The highest BCUT2D eigenvalue weighted by molar-refractivity contribution is 7.80. The lowest BCUT2D eigenvalue weighted by Crippen LogP contribution is -2.34. The van der Waals surface area contributed by atoms with Crippen LogP contribution in [0.1, 0.15) is 42.1 Å². The largest absolute Gasteiger partial charge is 0.332 e. The SMILES string of the molecule is CC[C@H](C)c1ccccc1NC(=S)NC(=O)c1cccc(Cl)c1Cl. The molecule has 0 heterocycles. The third kappa shape index (κ3) is 4.47. The van der Waals surface area contributed by atoms with Gasteiger partial charge in [0, 0.05) is 5.69 Å². The van der Waals surface area contributed by atoms with E-state index in [4.69, 9.17) is 35.4 Å². The van der Waals surface area contributed by atoms with Gasteiger partial charge in [-0.3, -0.25) is 10.1 Å². The van der Waals surface area contributed by atoms with E-state index >= 15 is 0 Å². The van der Waals surface area contributed by atoms with Gasteiger partial charge in [0.05, 0.1) is 15.6 Å². The van der Waals surface area contributed by atoms with E-state index in [1.807, 2.05) is 18.2 Å². The smallest absolute Gasteiger partial charge is 0.258 e. The number of carbonyl (C=O) groups excluding carboxylic acids is 1. The quantitative estimate of drug-likeness (QED) is 0.674. The van der Waals surface area contributed by atoms with E-state index in [2.05, 4.69) is 30.5 Å². The predicted molar refractivity (Wildman–Crippen MR) is 105 cm³/mol. The average molecular weight is 381 g/mol. The first-order chi connectivity index (χ1) is 11.4. The molecule has 2 aromatic rings. The van der Waals surface area contributed by atoms with Crippen molar-refractivity contribution < 1.29 is 4.79 Å². The number of carbonyl (C=O) groups is 1. The standard InChI is InChI=1S/C18H18Cl2N2OS/c1-3-11(2)12-7-4-5-10-15(12)21-18(24)22-17(23)13-8-6-9-14(19)16(13)20/h4-11H,3H2,1-2H3,(H2,21,22,23,24)/t11-/m0/s1. The van der Waals surface area contributed by atoms with E-state index < -0.39 is 5.91 Å². The number of halogens is 2. The molecule has 6 heteroatoms. The molecular weight excluding hydrogens is 363 g/mol. The van der Waals surface area contributed by atoms with Crippen LogP contribution in [0.5, 0.6) is 0 Å². The summed E-state index contributed by atoms with van der Waals surface area (Å²) in [5.41, 5.74) is 2.32. The van der Waals surface area contributed by atoms with Crippen molar-refractivity contribution in [1.82, 2.24) is 5.32 Å². The number of nitrogens with one attached hydrogen (secondary N) is 2. The zero-order valence-electron chi connectivity index (χ0n) is 13.4. The fourth-order valence-corrected chi connectivity index (χ4v) is 2.85. The van der Waals surface area contributed by atoms with E-state index in [1.165, 1.54) is 0 Å². The summed E-state index contributed by atoms with van der Waals surface area (Å²) < 4.78 is 0. The highest BCUT2D eigenvalue weighted by Crippen LogP contribution is 2.27. The number of thiocarbonyl (C=S) groups is 1. The van der Waals surface area contributed by atoms with Gasteiger partial charge in [0.25, 0.3) is 5.91 Å². The fraction of sp³-hybridized carbons (Fsp3) is 0.222. The van der Waals surface area contributed by atoms with Gasteiger partial charge >= 0.3 is 0 Å². The maximum absolute atomic E-state index is 12.3. The second kappa shape index (κ2) is 8.47. The normalized spacial score (nSPS) is 11.7. The summed E-state index contributed by atoms with van der Waals surface area (Å²) in [6.45, 7) is 4.27. The Morgan fingerprint density at radius 2 is 1.88 bits per heavy atom. The summed E-state index contributed by atoms with van der Waals surface area (Å²) in [6.07, 6.45) is 1.01. The van der Waals surface area contributed by atoms with Crippen LogP contribution in [0.15, 0.2) is 42.5 Å². The van der Waals surface area contributed by atoms with Crippen molar-refractivity contribution in [2.24, 2.45) is 0 Å². The molecule has 0 saturated heterocycles. The van der Waals surface area contributed by atoms with Crippen molar-refractivity contribution in [3.63, 3.8) is 0 Å². The molecular formula is C18H18Cl2N2OS. The Labute approximate surface area is 157 Å². The highest BCUT2D eigenvalue weighted by atomic mass is 35.5. The van der Waals surface area contributed by atoms with Gasteiger partial charge < -0.3 is 5.32 Å². The molecule has 1 amide bonds. The van der Waals surface area contributed by atoms with Crippen LogP contribution in [0.25, 0.3) is 0 Å². The van der Waals surface area contributed by atoms with Crippen molar-refractivity contribution in [3.05, 3.63) is 63.6 Å². The fourth-order valence-electron chi connectivity index (χ4n) is 2.26. The van der Waals surface area contributed by atoms with Crippen LogP contribution in [0.2, 0.25) is 10.0 Å². The molecule has 0 bridgehead atoms. The monoisotopic (exact) mass is 380 g/mol. The first kappa shape index (κ1) is 18.7. The van der Waals surface area contributed by atoms with E-state index in [0.717, 1.165) is 17.7 Å². The van der Waals surface area contributed by atoms with Gasteiger partial charge in [-0.15, -0.1) is 0 Å². The first-order valence-electron chi connectivity index (χ1n) is 7.59. The van der Waals surface area contributed by atoms with E-state index in [1.54, 1.807) is 18.2 Å². The summed E-state index contributed by atoms with van der Waals surface area (Å²) in [7, 11) is 0. The third-order valence-electron chi connectivity index (χ3n) is 3.78. The maximum atomic E-state index is 12.3. The molecule has 0 radical (unpaired) electrons. The third-order valence-corrected chi connectivity index (χ3v) is 4.80. The molecule has 2 N–H and O–H groups in total. The van der Waals surface area contributed by atoms with Crippen LogP contribution >= 0.6 is 35.4 Å². The van der Waals surface area contributed by atoms with Crippen LogP contribution < -0.4 is 10.6 Å². The summed E-state index contributed by atoms with van der Waals surface area (Å²) in [4.78, 5) is 12.3. The van der Waals surface area contributed by atoms with Gasteiger partial charge in [0.2, 0.25) is 0 Å². The summed E-state index contributed by atoms with van der Waals surface area (Å²) in [6, 6.07) is 12.8.